The van der Waals surface area contributed by atoms with E-state index in [1.54, 1.807) is 18.2 Å². The second kappa shape index (κ2) is 6.87. The smallest absolute Gasteiger partial charge is 0.127 e. The monoisotopic (exact) mass is 266 g/mol. The van der Waals surface area contributed by atoms with Crippen molar-refractivity contribution in [3.8, 4) is 11.5 Å². The number of benzene rings is 2. The molecule has 0 spiro atoms. The van der Waals surface area contributed by atoms with Gasteiger partial charge in [-0.15, -0.1) is 0 Å². The minimum atomic E-state index is 0.347. The molecule has 0 heterocycles. The Morgan fingerprint density at radius 1 is 1.05 bits per heavy atom. The van der Waals surface area contributed by atoms with Gasteiger partial charge < -0.3 is 10.5 Å². The number of ether oxygens (including phenoxy) is 1. The molecule has 0 aromatic heterocycles. The molecule has 2 rings (SSSR count). The van der Waals surface area contributed by atoms with Crippen molar-refractivity contribution in [1.82, 2.24) is 0 Å². The van der Waals surface area contributed by atoms with Crippen LogP contribution in [0.1, 0.15) is 5.56 Å². The van der Waals surface area contributed by atoms with E-state index in [9.17, 15) is 0 Å². The van der Waals surface area contributed by atoms with Crippen LogP contribution >= 0.6 is 0 Å². The number of hydrogen-bond acceptors (Lipinski definition) is 3. The predicted octanol–water partition coefficient (Wildman–Crippen LogP) is 4.38. The summed E-state index contributed by atoms with van der Waals surface area (Å²) in [7, 11) is 0. The topological polar surface area (TPSA) is 84.0 Å². The molecule has 2 aromatic carbocycles. The molecule has 2 aromatic rings. The van der Waals surface area contributed by atoms with Crippen LogP contribution in [0.3, 0.4) is 0 Å². The third kappa shape index (κ3) is 4.08. The molecular weight excluding hydrogens is 252 g/mol. The van der Waals surface area contributed by atoms with Crippen LogP contribution in [-0.4, -0.2) is 6.54 Å². The summed E-state index contributed by atoms with van der Waals surface area (Å²) in [5.41, 5.74) is 15.5. The molecular formula is C15H14N4O. The van der Waals surface area contributed by atoms with E-state index < -0.39 is 0 Å². The molecule has 0 atom stereocenters. The number of azide groups is 1. The van der Waals surface area contributed by atoms with E-state index in [4.69, 9.17) is 16.0 Å². The first-order chi connectivity index (χ1) is 9.78. The van der Waals surface area contributed by atoms with Crippen LogP contribution in [0.5, 0.6) is 11.5 Å². The van der Waals surface area contributed by atoms with Gasteiger partial charge in [-0.2, -0.15) is 0 Å². The molecule has 100 valence electrons. The number of nitrogens with two attached hydrogens (primary N) is 1. The van der Waals surface area contributed by atoms with E-state index in [0.717, 1.165) is 17.1 Å². The molecule has 0 fully saturated rings. The maximum Gasteiger partial charge on any atom is 0.127 e. The lowest BCUT2D eigenvalue weighted by Gasteiger charge is -2.06. The Morgan fingerprint density at radius 3 is 2.25 bits per heavy atom. The lowest BCUT2D eigenvalue weighted by atomic mass is 10.2. The van der Waals surface area contributed by atoms with Gasteiger partial charge in [0.05, 0.1) is 0 Å². The molecule has 0 unspecified atom stereocenters. The SMILES string of the molecule is [N-]=[N+]=NCC=Cc1ccc(Oc2ccc(N)cc2)cc1. The van der Waals surface area contributed by atoms with Crippen molar-refractivity contribution >= 4 is 11.8 Å². The Labute approximate surface area is 116 Å². The van der Waals surface area contributed by atoms with Gasteiger partial charge in [0.1, 0.15) is 11.5 Å². The van der Waals surface area contributed by atoms with Crippen molar-refractivity contribution in [2.75, 3.05) is 12.3 Å². The fraction of sp³-hybridized carbons (Fsp3) is 0.0667. The number of rotatable bonds is 5. The zero-order chi connectivity index (χ0) is 14.2. The first kappa shape index (κ1) is 13.5. The van der Waals surface area contributed by atoms with Gasteiger partial charge in [0, 0.05) is 17.1 Å². The Kier molecular flexibility index (Phi) is 4.65. The van der Waals surface area contributed by atoms with Gasteiger partial charge in [-0.3, -0.25) is 0 Å². The largest absolute Gasteiger partial charge is 0.457 e. The van der Waals surface area contributed by atoms with E-state index in [-0.39, 0.29) is 0 Å². The molecule has 0 saturated carbocycles. The number of nitrogens with zero attached hydrogens (tertiary/aromatic N) is 3. The van der Waals surface area contributed by atoms with Gasteiger partial charge in [-0.05, 0) is 47.5 Å². The molecule has 5 heteroatoms. The minimum Gasteiger partial charge on any atom is -0.457 e. The highest BCUT2D eigenvalue weighted by atomic mass is 16.5. The molecule has 5 nitrogen and oxygen atoms in total. The fourth-order valence-corrected chi connectivity index (χ4v) is 1.59. The maximum absolute atomic E-state index is 8.16. The lowest BCUT2D eigenvalue weighted by molar-refractivity contribution is 0.483. The van der Waals surface area contributed by atoms with E-state index in [1.165, 1.54) is 0 Å². The molecule has 0 aliphatic carbocycles. The van der Waals surface area contributed by atoms with Crippen molar-refractivity contribution in [2.24, 2.45) is 5.11 Å². The van der Waals surface area contributed by atoms with Crippen LogP contribution in [0.15, 0.2) is 59.7 Å². The zero-order valence-corrected chi connectivity index (χ0v) is 10.8. The Balaban J connectivity index is 1.99. The fourth-order valence-electron chi connectivity index (χ4n) is 1.59. The highest BCUT2D eigenvalue weighted by Gasteiger charge is 1.96. The minimum absolute atomic E-state index is 0.347. The molecule has 0 aliphatic rings. The van der Waals surface area contributed by atoms with Gasteiger partial charge in [0.15, 0.2) is 0 Å². The van der Waals surface area contributed by atoms with Gasteiger partial charge in [-0.25, -0.2) is 0 Å². The third-order valence-corrected chi connectivity index (χ3v) is 2.56. The maximum atomic E-state index is 8.16. The highest BCUT2D eigenvalue weighted by Crippen LogP contribution is 2.22. The Bertz CT molecular complexity index is 626. The summed E-state index contributed by atoms with van der Waals surface area (Å²) in [6.07, 6.45) is 3.69. The molecule has 20 heavy (non-hydrogen) atoms. The lowest BCUT2D eigenvalue weighted by Crippen LogP contribution is -1.86. The number of nitrogen functional groups attached to an aromatic ring is 1. The Hall–Kier alpha value is -2.91. The first-order valence-corrected chi connectivity index (χ1v) is 6.09. The zero-order valence-electron chi connectivity index (χ0n) is 10.8. The molecule has 0 saturated heterocycles. The van der Waals surface area contributed by atoms with Crippen LogP contribution in [0.25, 0.3) is 16.5 Å². The van der Waals surface area contributed by atoms with Crippen LogP contribution in [0.2, 0.25) is 0 Å². The standard InChI is InChI=1S/C15H14N4O/c16-13-5-9-15(10-6-13)20-14-7-3-12(4-8-14)2-1-11-18-19-17/h1-10H,11,16H2. The summed E-state index contributed by atoms with van der Waals surface area (Å²) in [5.74, 6) is 1.49. The average molecular weight is 266 g/mol. The quantitative estimate of drug-likeness (QED) is 0.377. The van der Waals surface area contributed by atoms with Crippen LogP contribution in [-0.2, 0) is 0 Å². The third-order valence-electron chi connectivity index (χ3n) is 2.56. The van der Waals surface area contributed by atoms with E-state index in [1.807, 2.05) is 42.5 Å². The summed E-state index contributed by atoms with van der Waals surface area (Å²) in [6.45, 7) is 0.347. The van der Waals surface area contributed by atoms with Crippen molar-refractivity contribution in [1.29, 1.82) is 0 Å². The Morgan fingerprint density at radius 2 is 1.65 bits per heavy atom. The average Bonchev–Trinajstić information content (AvgIpc) is 2.48. The normalized spacial score (nSPS) is 10.2. The van der Waals surface area contributed by atoms with Crippen LogP contribution < -0.4 is 10.5 Å². The first-order valence-electron chi connectivity index (χ1n) is 6.09. The predicted molar refractivity (Wildman–Crippen MR) is 80.4 cm³/mol. The van der Waals surface area contributed by atoms with Gasteiger partial charge in [-0.1, -0.05) is 29.4 Å². The summed E-state index contributed by atoms with van der Waals surface area (Å²) in [5, 5.41) is 3.43. The van der Waals surface area contributed by atoms with E-state index in [2.05, 4.69) is 10.0 Å². The number of hydrogen-bond donors (Lipinski definition) is 1. The van der Waals surface area contributed by atoms with Gasteiger partial charge in [0.25, 0.3) is 0 Å². The second-order valence-electron chi connectivity index (χ2n) is 4.06. The summed E-state index contributed by atoms with van der Waals surface area (Å²) in [4.78, 5) is 2.68. The second-order valence-corrected chi connectivity index (χ2v) is 4.06. The molecule has 0 amide bonds. The molecule has 0 bridgehead atoms. The summed E-state index contributed by atoms with van der Waals surface area (Å²) in [6, 6.07) is 14.8. The molecule has 0 aliphatic heterocycles. The summed E-state index contributed by atoms with van der Waals surface area (Å²) >= 11 is 0. The van der Waals surface area contributed by atoms with Crippen LogP contribution in [0, 0.1) is 0 Å². The molecule has 0 radical (unpaired) electrons. The highest BCUT2D eigenvalue weighted by molar-refractivity contribution is 5.51. The van der Waals surface area contributed by atoms with E-state index in [0.29, 0.717) is 12.2 Å². The van der Waals surface area contributed by atoms with Crippen molar-refractivity contribution in [3.63, 3.8) is 0 Å². The van der Waals surface area contributed by atoms with Crippen molar-refractivity contribution < 1.29 is 4.74 Å². The molecule has 2 N–H and O–H groups in total. The van der Waals surface area contributed by atoms with Crippen LogP contribution in [0.4, 0.5) is 5.69 Å². The van der Waals surface area contributed by atoms with Crippen molar-refractivity contribution in [2.45, 2.75) is 0 Å². The van der Waals surface area contributed by atoms with Gasteiger partial charge >= 0.3 is 0 Å². The number of anilines is 1. The summed E-state index contributed by atoms with van der Waals surface area (Å²) < 4.78 is 5.69. The van der Waals surface area contributed by atoms with Gasteiger partial charge in [0.2, 0.25) is 0 Å². The van der Waals surface area contributed by atoms with E-state index >= 15 is 0 Å². The van der Waals surface area contributed by atoms with Crippen molar-refractivity contribution in [3.05, 3.63) is 70.6 Å².